The van der Waals surface area contributed by atoms with Crippen molar-refractivity contribution in [2.24, 2.45) is 11.8 Å². The van der Waals surface area contributed by atoms with Gasteiger partial charge in [0.1, 0.15) is 0 Å². The van der Waals surface area contributed by atoms with Gasteiger partial charge in [-0.25, -0.2) is 0 Å². The third-order valence-corrected chi connectivity index (χ3v) is 5.07. The molecule has 0 unspecified atom stereocenters. The van der Waals surface area contributed by atoms with Crippen LogP contribution in [0.25, 0.3) is 0 Å². The summed E-state index contributed by atoms with van der Waals surface area (Å²) in [6.07, 6.45) is 10.0. The van der Waals surface area contributed by atoms with E-state index in [9.17, 15) is 0 Å². The smallest absolute Gasteiger partial charge is 0.000966 e. The van der Waals surface area contributed by atoms with Crippen LogP contribution < -0.4 is 0 Å². The van der Waals surface area contributed by atoms with Crippen molar-refractivity contribution in [3.8, 4) is 0 Å². The fourth-order valence-electron chi connectivity index (χ4n) is 3.88. The molecular formula is C18H27N. The Morgan fingerprint density at radius 2 is 1.53 bits per heavy atom. The maximum atomic E-state index is 2.73. The van der Waals surface area contributed by atoms with Crippen molar-refractivity contribution in [3.05, 3.63) is 35.9 Å². The van der Waals surface area contributed by atoms with Crippen molar-refractivity contribution >= 4 is 0 Å². The lowest BCUT2D eigenvalue weighted by Gasteiger charge is -2.33. The number of piperidine rings is 1. The Labute approximate surface area is 118 Å². The van der Waals surface area contributed by atoms with E-state index in [0.29, 0.717) is 0 Å². The van der Waals surface area contributed by atoms with Crippen LogP contribution in [-0.2, 0) is 6.42 Å². The number of rotatable bonds is 4. The summed E-state index contributed by atoms with van der Waals surface area (Å²) in [7, 11) is 0. The minimum atomic E-state index is 0.919. The Kier molecular flexibility index (Phi) is 4.55. The summed E-state index contributed by atoms with van der Waals surface area (Å²) in [4.78, 5) is 2.73. The molecular weight excluding hydrogens is 230 g/mol. The van der Waals surface area contributed by atoms with E-state index in [4.69, 9.17) is 0 Å². The fourth-order valence-corrected chi connectivity index (χ4v) is 3.88. The second-order valence-corrected chi connectivity index (χ2v) is 6.58. The maximum absolute atomic E-state index is 2.73. The zero-order chi connectivity index (χ0) is 12.9. The van der Waals surface area contributed by atoms with E-state index in [1.165, 1.54) is 70.1 Å². The van der Waals surface area contributed by atoms with Crippen LogP contribution >= 0.6 is 0 Å². The molecule has 104 valence electrons. The summed E-state index contributed by atoms with van der Waals surface area (Å²) in [5.74, 6) is 1.94. The molecule has 1 nitrogen and oxygen atoms in total. The summed E-state index contributed by atoms with van der Waals surface area (Å²) in [6.45, 7) is 4.07. The second kappa shape index (κ2) is 6.56. The van der Waals surface area contributed by atoms with E-state index in [2.05, 4.69) is 35.2 Å². The van der Waals surface area contributed by atoms with Gasteiger partial charge in [-0.1, -0.05) is 43.2 Å². The molecule has 2 aliphatic rings. The zero-order valence-electron chi connectivity index (χ0n) is 12.1. The standard InChI is InChI=1S/C18H27N/c1-2-6-16(7-3-1)14-17-10-12-19(13-11-17)15-18-8-4-5-9-18/h1-3,6-7,17-18H,4-5,8-15H2. The third-order valence-electron chi connectivity index (χ3n) is 5.07. The van der Waals surface area contributed by atoms with Gasteiger partial charge in [0.05, 0.1) is 0 Å². The topological polar surface area (TPSA) is 3.24 Å². The molecule has 2 fully saturated rings. The molecule has 1 saturated carbocycles. The first-order chi connectivity index (χ1) is 9.40. The molecule has 19 heavy (non-hydrogen) atoms. The van der Waals surface area contributed by atoms with E-state index in [1.807, 2.05) is 0 Å². The summed E-state index contributed by atoms with van der Waals surface area (Å²) in [6, 6.07) is 11.0. The van der Waals surface area contributed by atoms with Crippen molar-refractivity contribution in [3.63, 3.8) is 0 Å². The van der Waals surface area contributed by atoms with E-state index in [-0.39, 0.29) is 0 Å². The molecule has 0 bridgehead atoms. The molecule has 1 heterocycles. The predicted molar refractivity (Wildman–Crippen MR) is 81.3 cm³/mol. The highest BCUT2D eigenvalue weighted by molar-refractivity contribution is 5.15. The lowest BCUT2D eigenvalue weighted by molar-refractivity contribution is 0.161. The molecule has 1 aliphatic heterocycles. The quantitative estimate of drug-likeness (QED) is 0.784. The fraction of sp³-hybridized carbons (Fsp3) is 0.667. The Bertz CT molecular complexity index is 359. The highest BCUT2D eigenvalue weighted by atomic mass is 15.1. The lowest BCUT2D eigenvalue weighted by atomic mass is 9.90. The van der Waals surface area contributed by atoms with Crippen molar-refractivity contribution < 1.29 is 0 Å². The molecule has 1 aromatic rings. The molecule has 1 aromatic carbocycles. The zero-order valence-corrected chi connectivity index (χ0v) is 12.1. The summed E-state index contributed by atoms with van der Waals surface area (Å²) in [5.41, 5.74) is 1.52. The molecule has 0 N–H and O–H groups in total. The first-order valence-corrected chi connectivity index (χ1v) is 8.16. The Morgan fingerprint density at radius 1 is 0.842 bits per heavy atom. The van der Waals surface area contributed by atoms with Crippen molar-refractivity contribution in [1.82, 2.24) is 4.90 Å². The van der Waals surface area contributed by atoms with Gasteiger partial charge in [-0.2, -0.15) is 0 Å². The van der Waals surface area contributed by atoms with Gasteiger partial charge < -0.3 is 4.90 Å². The van der Waals surface area contributed by atoms with Gasteiger partial charge >= 0.3 is 0 Å². The van der Waals surface area contributed by atoms with Crippen LogP contribution in [0.3, 0.4) is 0 Å². The largest absolute Gasteiger partial charge is 0.303 e. The van der Waals surface area contributed by atoms with Crippen LogP contribution in [0, 0.1) is 11.8 Å². The van der Waals surface area contributed by atoms with Crippen LogP contribution in [0.15, 0.2) is 30.3 Å². The third kappa shape index (κ3) is 3.82. The van der Waals surface area contributed by atoms with E-state index in [1.54, 1.807) is 0 Å². The van der Waals surface area contributed by atoms with Crippen molar-refractivity contribution in [1.29, 1.82) is 0 Å². The van der Waals surface area contributed by atoms with Gasteiger partial charge in [0.2, 0.25) is 0 Å². The van der Waals surface area contributed by atoms with Crippen LogP contribution in [-0.4, -0.2) is 24.5 Å². The normalized spacial score (nSPS) is 22.9. The number of likely N-dealkylation sites (tertiary alicyclic amines) is 1. The van der Waals surface area contributed by atoms with Crippen LogP contribution in [0.4, 0.5) is 0 Å². The highest BCUT2D eigenvalue weighted by Gasteiger charge is 2.23. The van der Waals surface area contributed by atoms with Crippen molar-refractivity contribution in [2.45, 2.75) is 44.9 Å². The maximum Gasteiger partial charge on any atom is 0.000966 e. The van der Waals surface area contributed by atoms with Crippen LogP contribution in [0.1, 0.15) is 44.1 Å². The molecule has 3 rings (SSSR count). The van der Waals surface area contributed by atoms with Gasteiger partial charge in [0.25, 0.3) is 0 Å². The molecule has 0 spiro atoms. The van der Waals surface area contributed by atoms with Gasteiger partial charge in [-0.05, 0) is 62.6 Å². The Morgan fingerprint density at radius 3 is 2.21 bits per heavy atom. The first kappa shape index (κ1) is 13.2. The first-order valence-electron chi connectivity index (χ1n) is 8.16. The van der Waals surface area contributed by atoms with E-state index < -0.39 is 0 Å². The Balaban J connectivity index is 1.41. The van der Waals surface area contributed by atoms with Crippen molar-refractivity contribution in [2.75, 3.05) is 19.6 Å². The average Bonchev–Trinajstić information content (AvgIpc) is 2.95. The van der Waals surface area contributed by atoms with E-state index in [0.717, 1.165) is 11.8 Å². The highest BCUT2D eigenvalue weighted by Crippen LogP contribution is 2.28. The molecule has 1 saturated heterocycles. The molecule has 0 amide bonds. The molecule has 1 heteroatoms. The van der Waals surface area contributed by atoms with Crippen LogP contribution in [0.2, 0.25) is 0 Å². The summed E-state index contributed by atoms with van der Waals surface area (Å²) < 4.78 is 0. The van der Waals surface area contributed by atoms with Gasteiger partial charge in [-0.3, -0.25) is 0 Å². The minimum absolute atomic E-state index is 0.919. The number of hydrogen-bond donors (Lipinski definition) is 0. The summed E-state index contributed by atoms with van der Waals surface area (Å²) >= 11 is 0. The average molecular weight is 257 g/mol. The van der Waals surface area contributed by atoms with Gasteiger partial charge in [0, 0.05) is 6.54 Å². The molecule has 0 atom stereocenters. The number of nitrogens with zero attached hydrogens (tertiary/aromatic N) is 1. The number of benzene rings is 1. The predicted octanol–water partition coefficient (Wildman–Crippen LogP) is 4.13. The minimum Gasteiger partial charge on any atom is -0.303 e. The SMILES string of the molecule is c1ccc(CC2CCN(CC3CCCC3)CC2)cc1. The van der Waals surface area contributed by atoms with Gasteiger partial charge in [0.15, 0.2) is 0 Å². The monoisotopic (exact) mass is 257 g/mol. The lowest BCUT2D eigenvalue weighted by Crippen LogP contribution is -2.37. The Hall–Kier alpha value is -0.820. The molecule has 1 aliphatic carbocycles. The van der Waals surface area contributed by atoms with Crippen LogP contribution in [0.5, 0.6) is 0 Å². The second-order valence-electron chi connectivity index (χ2n) is 6.58. The van der Waals surface area contributed by atoms with E-state index >= 15 is 0 Å². The molecule has 0 aromatic heterocycles. The number of hydrogen-bond acceptors (Lipinski definition) is 1. The van der Waals surface area contributed by atoms with Gasteiger partial charge in [-0.15, -0.1) is 0 Å². The molecule has 0 radical (unpaired) electrons. The summed E-state index contributed by atoms with van der Waals surface area (Å²) in [5, 5.41) is 0.